The second-order valence-electron chi connectivity index (χ2n) is 4.25. The van der Waals surface area contributed by atoms with Crippen LogP contribution in [0.4, 0.5) is 5.69 Å². The van der Waals surface area contributed by atoms with Gasteiger partial charge in [0.2, 0.25) is 0 Å². The normalized spacial score (nSPS) is 27.1. The first-order valence-corrected chi connectivity index (χ1v) is 5.67. The van der Waals surface area contributed by atoms with Gasteiger partial charge in [0.05, 0.1) is 12.1 Å². The van der Waals surface area contributed by atoms with E-state index in [-0.39, 0.29) is 12.1 Å². The Kier molecular flexibility index (Phi) is 2.36. The highest BCUT2D eigenvalue weighted by Crippen LogP contribution is 2.34. The number of aliphatic hydroxyl groups excluding tert-OH is 1. The summed E-state index contributed by atoms with van der Waals surface area (Å²) in [4.78, 5) is 0. The van der Waals surface area contributed by atoms with Gasteiger partial charge in [-0.05, 0) is 25.0 Å². The topological polar surface area (TPSA) is 50.7 Å². The highest BCUT2D eigenvalue weighted by Gasteiger charge is 2.28. The van der Waals surface area contributed by atoms with Crippen molar-refractivity contribution in [1.82, 2.24) is 0 Å². The summed E-state index contributed by atoms with van der Waals surface area (Å²) in [6.45, 7) is 1.21. The number of anilines is 1. The summed E-state index contributed by atoms with van der Waals surface area (Å²) < 4.78 is 10.9. The van der Waals surface area contributed by atoms with Crippen molar-refractivity contribution in [2.24, 2.45) is 0 Å². The highest BCUT2D eigenvalue weighted by molar-refractivity contribution is 5.55. The number of rotatable bonds is 2. The quantitative estimate of drug-likeness (QED) is 0.792. The van der Waals surface area contributed by atoms with Crippen molar-refractivity contribution in [2.45, 2.75) is 25.0 Å². The molecular formula is C12H15NO3. The Morgan fingerprint density at radius 1 is 1.12 bits per heavy atom. The van der Waals surface area contributed by atoms with E-state index in [1.54, 1.807) is 0 Å². The molecule has 4 heteroatoms. The summed E-state index contributed by atoms with van der Waals surface area (Å²) in [5, 5.41) is 12.8. The lowest BCUT2D eigenvalue weighted by Crippen LogP contribution is -2.42. The first kappa shape index (κ1) is 9.78. The van der Waals surface area contributed by atoms with Crippen LogP contribution in [0.25, 0.3) is 0 Å². The van der Waals surface area contributed by atoms with Crippen LogP contribution in [0.2, 0.25) is 0 Å². The molecule has 0 bridgehead atoms. The molecule has 0 radical (unpaired) electrons. The van der Waals surface area contributed by atoms with Gasteiger partial charge in [0, 0.05) is 11.8 Å². The van der Waals surface area contributed by atoms with Gasteiger partial charge in [0.25, 0.3) is 0 Å². The predicted molar refractivity (Wildman–Crippen MR) is 60.1 cm³/mol. The standard InChI is InChI=1S/C12H15NO3/c14-10-3-2-9(10)13-8-1-4-11-12(7-8)16-6-5-15-11/h1,4,7,9-10,13-14H,2-3,5-6H2/t9-,10-/m0/s1. The van der Waals surface area contributed by atoms with E-state index in [9.17, 15) is 5.11 Å². The molecule has 1 saturated carbocycles. The number of ether oxygens (including phenoxy) is 2. The minimum absolute atomic E-state index is 0.183. The summed E-state index contributed by atoms with van der Waals surface area (Å²) in [6.07, 6.45) is 1.70. The molecular weight excluding hydrogens is 206 g/mol. The van der Waals surface area contributed by atoms with Crippen molar-refractivity contribution in [3.63, 3.8) is 0 Å². The molecule has 2 atom stereocenters. The minimum Gasteiger partial charge on any atom is -0.486 e. The van der Waals surface area contributed by atoms with Crippen LogP contribution in [0.3, 0.4) is 0 Å². The Hall–Kier alpha value is -1.42. The molecule has 1 aromatic carbocycles. The van der Waals surface area contributed by atoms with Crippen molar-refractivity contribution in [1.29, 1.82) is 0 Å². The van der Waals surface area contributed by atoms with E-state index in [1.165, 1.54) is 0 Å². The van der Waals surface area contributed by atoms with Gasteiger partial charge in [0.15, 0.2) is 11.5 Å². The Labute approximate surface area is 94.2 Å². The largest absolute Gasteiger partial charge is 0.486 e. The van der Waals surface area contributed by atoms with Crippen LogP contribution in [-0.2, 0) is 0 Å². The molecule has 1 fully saturated rings. The lowest BCUT2D eigenvalue weighted by Gasteiger charge is -2.34. The van der Waals surface area contributed by atoms with E-state index in [4.69, 9.17) is 9.47 Å². The van der Waals surface area contributed by atoms with Gasteiger partial charge in [0.1, 0.15) is 13.2 Å². The Bertz CT molecular complexity index is 394. The SMILES string of the molecule is O[C@H]1CC[C@@H]1Nc1ccc2c(c1)OCCO2. The third-order valence-electron chi connectivity index (χ3n) is 3.13. The molecule has 3 rings (SSSR count). The van der Waals surface area contributed by atoms with Crippen molar-refractivity contribution >= 4 is 5.69 Å². The molecule has 4 nitrogen and oxygen atoms in total. The van der Waals surface area contributed by atoms with Gasteiger partial charge in [-0.25, -0.2) is 0 Å². The molecule has 0 saturated heterocycles. The van der Waals surface area contributed by atoms with Gasteiger partial charge in [-0.1, -0.05) is 0 Å². The lowest BCUT2D eigenvalue weighted by atomic mass is 9.89. The number of aliphatic hydroxyl groups is 1. The molecule has 0 unspecified atom stereocenters. The molecule has 16 heavy (non-hydrogen) atoms. The van der Waals surface area contributed by atoms with E-state index in [1.807, 2.05) is 18.2 Å². The zero-order chi connectivity index (χ0) is 11.0. The molecule has 0 spiro atoms. The number of hydrogen-bond acceptors (Lipinski definition) is 4. The highest BCUT2D eigenvalue weighted by atomic mass is 16.6. The smallest absolute Gasteiger partial charge is 0.163 e. The lowest BCUT2D eigenvalue weighted by molar-refractivity contribution is 0.0786. The van der Waals surface area contributed by atoms with Gasteiger partial charge in [-0.15, -0.1) is 0 Å². The predicted octanol–water partition coefficient (Wildman–Crippen LogP) is 1.39. The maximum absolute atomic E-state index is 9.49. The fourth-order valence-corrected chi connectivity index (χ4v) is 2.00. The summed E-state index contributed by atoms with van der Waals surface area (Å²) >= 11 is 0. The Morgan fingerprint density at radius 3 is 2.62 bits per heavy atom. The fraction of sp³-hybridized carbons (Fsp3) is 0.500. The first-order chi connectivity index (χ1) is 7.83. The summed E-state index contributed by atoms with van der Waals surface area (Å²) in [7, 11) is 0. The van der Waals surface area contributed by atoms with E-state index in [0.29, 0.717) is 13.2 Å². The second kappa shape index (κ2) is 3.87. The second-order valence-corrected chi connectivity index (χ2v) is 4.25. The molecule has 1 heterocycles. The maximum atomic E-state index is 9.49. The first-order valence-electron chi connectivity index (χ1n) is 5.67. The monoisotopic (exact) mass is 221 g/mol. The van der Waals surface area contributed by atoms with Gasteiger partial charge < -0.3 is 19.9 Å². The van der Waals surface area contributed by atoms with Crippen LogP contribution in [0.15, 0.2) is 18.2 Å². The zero-order valence-electron chi connectivity index (χ0n) is 8.98. The van der Waals surface area contributed by atoms with Crippen LogP contribution < -0.4 is 14.8 Å². The van der Waals surface area contributed by atoms with E-state index < -0.39 is 0 Å². The number of nitrogens with one attached hydrogen (secondary N) is 1. The molecule has 0 aromatic heterocycles. The molecule has 1 aliphatic heterocycles. The van der Waals surface area contributed by atoms with E-state index in [2.05, 4.69) is 5.32 Å². The maximum Gasteiger partial charge on any atom is 0.163 e. The molecule has 1 aliphatic carbocycles. The summed E-state index contributed by atoms with van der Waals surface area (Å²) in [6, 6.07) is 5.97. The minimum atomic E-state index is -0.215. The Morgan fingerprint density at radius 2 is 1.94 bits per heavy atom. The molecule has 1 aromatic rings. The molecule has 2 aliphatic rings. The van der Waals surface area contributed by atoms with Crippen LogP contribution >= 0.6 is 0 Å². The molecule has 86 valence electrons. The zero-order valence-corrected chi connectivity index (χ0v) is 8.98. The van der Waals surface area contributed by atoms with Gasteiger partial charge in [-0.2, -0.15) is 0 Å². The average molecular weight is 221 g/mol. The van der Waals surface area contributed by atoms with Crippen LogP contribution in [0.5, 0.6) is 11.5 Å². The molecule has 2 N–H and O–H groups in total. The van der Waals surface area contributed by atoms with Crippen molar-refractivity contribution in [3.05, 3.63) is 18.2 Å². The van der Waals surface area contributed by atoms with Crippen LogP contribution in [0.1, 0.15) is 12.8 Å². The van der Waals surface area contributed by atoms with Crippen molar-refractivity contribution in [2.75, 3.05) is 18.5 Å². The average Bonchev–Trinajstić information content (AvgIpc) is 2.34. The third-order valence-corrected chi connectivity index (χ3v) is 3.13. The van der Waals surface area contributed by atoms with Crippen LogP contribution in [-0.4, -0.2) is 30.5 Å². The number of benzene rings is 1. The summed E-state index contributed by atoms with van der Waals surface area (Å²) in [5.41, 5.74) is 0.980. The number of hydrogen-bond donors (Lipinski definition) is 2. The van der Waals surface area contributed by atoms with Crippen molar-refractivity contribution in [3.8, 4) is 11.5 Å². The Balaban J connectivity index is 1.75. The number of fused-ring (bicyclic) bond motifs is 1. The summed E-state index contributed by atoms with van der Waals surface area (Å²) in [5.74, 6) is 1.58. The molecule has 0 amide bonds. The van der Waals surface area contributed by atoms with Crippen LogP contribution in [0, 0.1) is 0 Å². The van der Waals surface area contributed by atoms with Gasteiger partial charge >= 0.3 is 0 Å². The van der Waals surface area contributed by atoms with Crippen molar-refractivity contribution < 1.29 is 14.6 Å². The van der Waals surface area contributed by atoms with E-state index >= 15 is 0 Å². The van der Waals surface area contributed by atoms with E-state index in [0.717, 1.165) is 30.0 Å². The third kappa shape index (κ3) is 1.69. The fourth-order valence-electron chi connectivity index (χ4n) is 2.00. The van der Waals surface area contributed by atoms with Gasteiger partial charge in [-0.3, -0.25) is 0 Å².